The van der Waals surface area contributed by atoms with Gasteiger partial charge in [0.2, 0.25) is 0 Å². The molecule has 1 aromatic heterocycles. The van der Waals surface area contributed by atoms with E-state index < -0.39 is 0 Å². The van der Waals surface area contributed by atoms with E-state index in [0.29, 0.717) is 0 Å². The van der Waals surface area contributed by atoms with Crippen LogP contribution in [0.4, 0.5) is 0 Å². The van der Waals surface area contributed by atoms with E-state index in [9.17, 15) is 0 Å². The van der Waals surface area contributed by atoms with Gasteiger partial charge < -0.3 is 4.74 Å². The molecule has 0 aliphatic carbocycles. The van der Waals surface area contributed by atoms with Crippen LogP contribution in [0.2, 0.25) is 0 Å². The summed E-state index contributed by atoms with van der Waals surface area (Å²) in [6.45, 7) is 0. The Hall–Kier alpha value is -2.41. The number of ether oxygens (including phenoxy) is 1. The first-order valence-electron chi connectivity index (χ1n) is 8.11. The Kier molecular flexibility index (Phi) is 4.65. The third-order valence-corrected chi connectivity index (χ3v) is 6.99. The second-order valence-electron chi connectivity index (χ2n) is 5.66. The van der Waals surface area contributed by atoms with Crippen LogP contribution in [0.1, 0.15) is 0 Å². The summed E-state index contributed by atoms with van der Waals surface area (Å²) in [5.41, 5.74) is 3.82. The minimum absolute atomic E-state index is 0.887. The van der Waals surface area contributed by atoms with Crippen molar-refractivity contribution in [3.8, 4) is 37.2 Å². The van der Waals surface area contributed by atoms with Gasteiger partial charge in [-0.15, -0.1) is 11.3 Å². The summed E-state index contributed by atoms with van der Waals surface area (Å²) in [4.78, 5) is 1.33. The van der Waals surface area contributed by atoms with E-state index >= 15 is 0 Å². The van der Waals surface area contributed by atoms with Crippen molar-refractivity contribution in [1.29, 1.82) is 0 Å². The topological polar surface area (TPSA) is 9.23 Å². The third kappa shape index (κ3) is 3.37. The molecule has 0 N–H and O–H groups in total. The molecule has 122 valence electrons. The van der Waals surface area contributed by atoms with E-state index in [1.165, 1.54) is 39.7 Å². The van der Waals surface area contributed by atoms with Crippen molar-refractivity contribution in [3.63, 3.8) is 0 Å². The van der Waals surface area contributed by atoms with Crippen LogP contribution >= 0.6 is 19.5 Å². The molecule has 0 aliphatic heterocycles. The number of methoxy groups -OCH3 is 1. The molecule has 0 bridgehead atoms. The fraction of sp³-hybridized carbons (Fsp3) is 0.0455. The summed E-state index contributed by atoms with van der Waals surface area (Å²) < 4.78 is 6.68. The Morgan fingerprint density at radius 3 is 1.88 bits per heavy atom. The van der Waals surface area contributed by atoms with E-state index in [1.54, 1.807) is 7.11 Å². The minimum atomic E-state index is 0.887. The molecule has 0 atom stereocenters. The van der Waals surface area contributed by atoms with Gasteiger partial charge in [-0.3, -0.25) is 0 Å². The van der Waals surface area contributed by atoms with Gasteiger partial charge in [-0.1, -0.05) is 60.7 Å². The van der Waals surface area contributed by atoms with Gasteiger partial charge in [0.1, 0.15) is 5.75 Å². The average molecular weight is 360 g/mol. The summed E-state index contributed by atoms with van der Waals surface area (Å²) in [6, 6.07) is 29.7. The van der Waals surface area contributed by atoms with Crippen molar-refractivity contribution in [2.24, 2.45) is 0 Å². The number of hydrogen-bond donors (Lipinski definition) is 0. The lowest BCUT2D eigenvalue weighted by Gasteiger charge is -2.05. The monoisotopic (exact) mass is 360 g/mol. The lowest BCUT2D eigenvalue weighted by Crippen LogP contribution is -1.82. The van der Waals surface area contributed by atoms with Crippen LogP contribution in [-0.2, 0) is 0 Å². The molecule has 0 unspecified atom stereocenters. The summed E-state index contributed by atoms with van der Waals surface area (Å²) in [6.07, 6.45) is 0. The highest BCUT2D eigenvalue weighted by Crippen LogP contribution is 2.50. The lowest BCUT2D eigenvalue weighted by atomic mass is 10.1. The highest BCUT2D eigenvalue weighted by molar-refractivity contribution is 7.51. The molecule has 0 fully saturated rings. The molecule has 4 rings (SSSR count). The largest absolute Gasteiger partial charge is 0.497 e. The van der Waals surface area contributed by atoms with E-state index in [4.69, 9.17) is 4.74 Å². The van der Waals surface area contributed by atoms with Crippen molar-refractivity contribution in [2.75, 3.05) is 7.11 Å². The van der Waals surface area contributed by atoms with Gasteiger partial charge in [0, 0.05) is 10.2 Å². The van der Waals surface area contributed by atoms with Crippen LogP contribution < -0.4 is 4.74 Å². The first kappa shape index (κ1) is 16.1. The molecular weight excluding hydrogens is 343 g/mol. The maximum atomic E-state index is 5.30. The molecule has 1 heterocycles. The lowest BCUT2D eigenvalue weighted by molar-refractivity contribution is 0.415. The summed E-state index contributed by atoms with van der Waals surface area (Å²) in [5.74, 6) is 0.887. The van der Waals surface area contributed by atoms with Gasteiger partial charge >= 0.3 is 0 Å². The molecular formula is C22H17OPS. The maximum absolute atomic E-state index is 5.30. The Morgan fingerprint density at radius 2 is 1.28 bits per heavy atom. The third-order valence-electron chi connectivity index (χ3n) is 4.05. The zero-order valence-corrected chi connectivity index (χ0v) is 15.6. The van der Waals surface area contributed by atoms with Crippen LogP contribution in [0.25, 0.3) is 31.5 Å². The molecule has 0 amide bonds. The predicted octanol–water partition coefficient (Wildman–Crippen LogP) is 7.34. The maximum Gasteiger partial charge on any atom is 0.118 e. The Balaban J connectivity index is 1.87. The molecule has 3 aromatic carbocycles. The van der Waals surface area contributed by atoms with Crippen LogP contribution in [0.15, 0.2) is 84.9 Å². The number of hydrogen-bond acceptors (Lipinski definition) is 2. The first-order valence-corrected chi connectivity index (χ1v) is 9.82. The van der Waals surface area contributed by atoms with E-state index in [1.807, 2.05) is 23.5 Å². The Labute approximate surface area is 153 Å². The molecule has 4 aromatic rings. The summed E-state index contributed by atoms with van der Waals surface area (Å²) in [7, 11) is 2.97. The van der Waals surface area contributed by atoms with Crippen molar-refractivity contribution >= 4 is 19.5 Å². The standard InChI is InChI=1S/C22H17OPS/c1-23-19-14-12-17(13-15-19)21-20(16-8-4-2-5-9-16)24-22(25-21)18-10-6-3-7-11-18/h2-15H,1H3. The SMILES string of the molecule is COc1ccc(-c2sc(-c3ccccc3)pc2-c2ccccc2)cc1. The normalized spacial score (nSPS) is 10.9. The second-order valence-corrected chi connectivity index (χ2v) is 8.10. The van der Waals surface area contributed by atoms with Crippen LogP contribution in [0.5, 0.6) is 5.75 Å². The molecule has 25 heavy (non-hydrogen) atoms. The quantitative estimate of drug-likeness (QED) is 0.370. The van der Waals surface area contributed by atoms with E-state index in [0.717, 1.165) is 5.75 Å². The van der Waals surface area contributed by atoms with Crippen molar-refractivity contribution in [2.45, 2.75) is 0 Å². The Bertz CT molecular complexity index is 960. The fourth-order valence-corrected chi connectivity index (χ4v) is 5.66. The van der Waals surface area contributed by atoms with Crippen molar-refractivity contribution in [3.05, 3.63) is 84.9 Å². The van der Waals surface area contributed by atoms with Crippen LogP contribution in [0.3, 0.4) is 0 Å². The molecule has 0 saturated carbocycles. The van der Waals surface area contributed by atoms with Gasteiger partial charge in [0.25, 0.3) is 0 Å². The van der Waals surface area contributed by atoms with Gasteiger partial charge in [-0.2, -0.15) is 0 Å². The Morgan fingerprint density at radius 1 is 0.680 bits per heavy atom. The van der Waals surface area contributed by atoms with E-state index in [2.05, 4.69) is 72.8 Å². The van der Waals surface area contributed by atoms with Crippen molar-refractivity contribution in [1.82, 2.24) is 0 Å². The van der Waals surface area contributed by atoms with E-state index in [-0.39, 0.29) is 0 Å². The zero-order chi connectivity index (χ0) is 17.1. The molecule has 0 aliphatic rings. The molecule has 0 spiro atoms. The van der Waals surface area contributed by atoms with Crippen LogP contribution in [0, 0.1) is 0 Å². The second kappa shape index (κ2) is 7.23. The molecule has 3 heteroatoms. The molecule has 0 radical (unpaired) electrons. The fourth-order valence-electron chi connectivity index (χ4n) is 2.75. The van der Waals surface area contributed by atoms with Gasteiger partial charge in [0.15, 0.2) is 0 Å². The highest BCUT2D eigenvalue weighted by Gasteiger charge is 2.14. The van der Waals surface area contributed by atoms with Gasteiger partial charge in [0.05, 0.1) is 11.7 Å². The molecule has 1 nitrogen and oxygen atoms in total. The molecule has 0 saturated heterocycles. The predicted molar refractivity (Wildman–Crippen MR) is 110 cm³/mol. The zero-order valence-electron chi connectivity index (χ0n) is 13.8. The average Bonchev–Trinajstić information content (AvgIpc) is 3.15. The highest BCUT2D eigenvalue weighted by atomic mass is 32.1. The van der Waals surface area contributed by atoms with Gasteiger partial charge in [-0.25, -0.2) is 0 Å². The minimum Gasteiger partial charge on any atom is -0.497 e. The number of benzene rings is 3. The summed E-state index contributed by atoms with van der Waals surface area (Å²) in [5, 5.41) is 1.37. The smallest absolute Gasteiger partial charge is 0.118 e. The van der Waals surface area contributed by atoms with Crippen LogP contribution in [-0.4, -0.2) is 7.11 Å². The van der Waals surface area contributed by atoms with Crippen molar-refractivity contribution < 1.29 is 4.74 Å². The van der Waals surface area contributed by atoms with Gasteiger partial charge in [-0.05, 0) is 49.1 Å². The number of rotatable bonds is 4. The summed E-state index contributed by atoms with van der Waals surface area (Å²) >= 11 is 1.88. The first-order chi connectivity index (χ1) is 12.3.